The van der Waals surface area contributed by atoms with E-state index in [0.717, 1.165) is 4.90 Å². The van der Waals surface area contributed by atoms with Crippen LogP contribution < -0.4 is 5.32 Å². The van der Waals surface area contributed by atoms with E-state index in [1.165, 1.54) is 12.3 Å². The van der Waals surface area contributed by atoms with Gasteiger partial charge in [0, 0.05) is 12.7 Å². The lowest BCUT2D eigenvalue weighted by Crippen LogP contribution is -2.59. The maximum Gasteiger partial charge on any atom is 0.328 e. The van der Waals surface area contributed by atoms with Gasteiger partial charge in [-0.15, -0.1) is 0 Å². The summed E-state index contributed by atoms with van der Waals surface area (Å²) < 4.78 is 0. The van der Waals surface area contributed by atoms with Gasteiger partial charge in [0.25, 0.3) is 5.91 Å². The summed E-state index contributed by atoms with van der Waals surface area (Å²) in [6.07, 6.45) is 1.41. The molecule has 1 aliphatic rings. The van der Waals surface area contributed by atoms with Gasteiger partial charge in [-0.25, -0.2) is 4.79 Å². The summed E-state index contributed by atoms with van der Waals surface area (Å²) in [7, 11) is 0. The Balaban J connectivity index is 2.25. The minimum atomic E-state index is -1.17. The first-order valence-corrected chi connectivity index (χ1v) is 5.51. The van der Waals surface area contributed by atoms with Crippen molar-refractivity contribution in [3.63, 3.8) is 0 Å². The predicted octanol–water partition coefficient (Wildman–Crippen LogP) is -0.307. The molecule has 0 spiro atoms. The first-order valence-electron chi connectivity index (χ1n) is 5.13. The molecule has 2 rings (SSSR count). The maximum atomic E-state index is 12.1. The average molecular weight is 272 g/mol. The molecule has 0 aliphatic carbocycles. The van der Waals surface area contributed by atoms with Crippen molar-refractivity contribution in [2.24, 2.45) is 0 Å². The van der Waals surface area contributed by atoms with Crippen LogP contribution in [0.25, 0.3) is 0 Å². The Morgan fingerprint density at radius 1 is 1.50 bits per heavy atom. The number of hydrogen-bond acceptors (Lipinski definition) is 3. The lowest BCUT2D eigenvalue weighted by atomic mass is 10.1. The number of carbonyl (C=O) groups excluding carboxylic acids is 2. The summed E-state index contributed by atoms with van der Waals surface area (Å²) in [5.74, 6) is -2.12. The van der Waals surface area contributed by atoms with Gasteiger partial charge in [-0.1, -0.05) is 11.6 Å². The van der Waals surface area contributed by atoms with Crippen molar-refractivity contribution >= 4 is 29.4 Å². The Bertz CT molecular complexity index is 513. The number of piperazine rings is 1. The molecule has 7 nitrogen and oxygen atoms in total. The molecule has 0 saturated carbocycles. The predicted molar refractivity (Wildman–Crippen MR) is 61.3 cm³/mol. The third kappa shape index (κ3) is 2.30. The molecule has 0 bridgehead atoms. The number of halogens is 1. The Morgan fingerprint density at radius 2 is 2.22 bits per heavy atom. The number of H-pyrrole nitrogens is 1. The number of amides is 2. The van der Waals surface area contributed by atoms with E-state index in [1.807, 2.05) is 0 Å². The van der Waals surface area contributed by atoms with Crippen LogP contribution in [0.1, 0.15) is 10.5 Å². The molecular weight excluding hydrogens is 262 g/mol. The summed E-state index contributed by atoms with van der Waals surface area (Å²) >= 11 is 5.67. The van der Waals surface area contributed by atoms with Crippen molar-refractivity contribution in [2.45, 2.75) is 6.04 Å². The van der Waals surface area contributed by atoms with Gasteiger partial charge in [-0.05, 0) is 6.07 Å². The molecule has 2 heterocycles. The van der Waals surface area contributed by atoms with Crippen LogP contribution in [0.5, 0.6) is 0 Å². The van der Waals surface area contributed by atoms with Crippen LogP contribution in [-0.4, -0.2) is 51.9 Å². The topological polar surface area (TPSA) is 103 Å². The number of carboxylic acid groups (broad SMARTS) is 1. The Labute approximate surface area is 107 Å². The van der Waals surface area contributed by atoms with E-state index in [9.17, 15) is 14.4 Å². The van der Waals surface area contributed by atoms with Crippen LogP contribution >= 0.6 is 11.6 Å². The molecule has 0 radical (unpaired) electrons. The molecule has 0 aromatic carbocycles. The zero-order valence-electron chi connectivity index (χ0n) is 9.14. The number of rotatable bonds is 2. The first-order chi connectivity index (χ1) is 8.49. The van der Waals surface area contributed by atoms with Gasteiger partial charge in [0.15, 0.2) is 0 Å². The Kier molecular flexibility index (Phi) is 3.24. The van der Waals surface area contributed by atoms with Gasteiger partial charge in [-0.3, -0.25) is 9.59 Å². The molecule has 96 valence electrons. The highest BCUT2D eigenvalue weighted by atomic mass is 35.5. The normalized spacial score (nSPS) is 19.5. The molecule has 1 unspecified atom stereocenters. The van der Waals surface area contributed by atoms with E-state index in [-0.39, 0.29) is 18.8 Å². The van der Waals surface area contributed by atoms with E-state index in [0.29, 0.717) is 5.02 Å². The van der Waals surface area contributed by atoms with E-state index >= 15 is 0 Å². The molecular formula is C10H10ClN3O4. The summed E-state index contributed by atoms with van der Waals surface area (Å²) in [5.41, 5.74) is 0.154. The van der Waals surface area contributed by atoms with E-state index in [1.54, 1.807) is 0 Å². The third-order valence-corrected chi connectivity index (χ3v) is 2.83. The molecule has 3 N–H and O–H groups in total. The molecule has 1 saturated heterocycles. The third-order valence-electron chi connectivity index (χ3n) is 2.61. The zero-order valence-corrected chi connectivity index (χ0v) is 9.90. The number of nitrogens with one attached hydrogen (secondary N) is 2. The van der Waals surface area contributed by atoms with Gasteiger partial charge in [-0.2, -0.15) is 0 Å². The van der Waals surface area contributed by atoms with Crippen LogP contribution in [0, 0.1) is 0 Å². The second kappa shape index (κ2) is 4.69. The van der Waals surface area contributed by atoms with Crippen LogP contribution in [0.4, 0.5) is 0 Å². The number of carboxylic acids is 1. The van der Waals surface area contributed by atoms with Crippen molar-refractivity contribution in [1.29, 1.82) is 0 Å². The molecule has 1 aromatic heterocycles. The van der Waals surface area contributed by atoms with Gasteiger partial charge < -0.3 is 20.3 Å². The summed E-state index contributed by atoms with van der Waals surface area (Å²) in [6, 6.07) is 0.312. The highest BCUT2D eigenvalue weighted by Gasteiger charge is 2.35. The Morgan fingerprint density at radius 3 is 2.78 bits per heavy atom. The van der Waals surface area contributed by atoms with Crippen molar-refractivity contribution in [1.82, 2.24) is 15.2 Å². The van der Waals surface area contributed by atoms with Crippen molar-refractivity contribution in [3.8, 4) is 0 Å². The number of aromatic nitrogens is 1. The van der Waals surface area contributed by atoms with Crippen LogP contribution in [0.3, 0.4) is 0 Å². The smallest absolute Gasteiger partial charge is 0.328 e. The molecule has 1 atom stereocenters. The van der Waals surface area contributed by atoms with Crippen LogP contribution in [-0.2, 0) is 9.59 Å². The quantitative estimate of drug-likeness (QED) is 0.687. The summed E-state index contributed by atoms with van der Waals surface area (Å²) in [5, 5.41) is 11.8. The largest absolute Gasteiger partial charge is 0.480 e. The van der Waals surface area contributed by atoms with Gasteiger partial charge >= 0.3 is 5.97 Å². The molecule has 2 amide bonds. The van der Waals surface area contributed by atoms with Gasteiger partial charge in [0.1, 0.15) is 18.3 Å². The second-order valence-electron chi connectivity index (χ2n) is 3.82. The van der Waals surface area contributed by atoms with Gasteiger partial charge in [0.2, 0.25) is 5.91 Å². The minimum absolute atomic E-state index is 0.103. The average Bonchev–Trinajstić information content (AvgIpc) is 2.74. The number of nitrogens with zero attached hydrogens (tertiary/aromatic N) is 1. The molecule has 1 aliphatic heterocycles. The van der Waals surface area contributed by atoms with Gasteiger partial charge in [0.05, 0.1) is 5.02 Å². The monoisotopic (exact) mass is 271 g/mol. The fourth-order valence-corrected chi connectivity index (χ4v) is 1.89. The summed E-state index contributed by atoms with van der Waals surface area (Å²) in [6.45, 7) is -0.388. The highest BCUT2D eigenvalue weighted by Crippen LogP contribution is 2.14. The van der Waals surface area contributed by atoms with Crippen LogP contribution in [0.15, 0.2) is 12.3 Å². The van der Waals surface area contributed by atoms with E-state index in [4.69, 9.17) is 16.7 Å². The molecule has 18 heavy (non-hydrogen) atoms. The molecule has 1 fully saturated rings. The number of aliphatic carboxylic acids is 1. The number of carbonyl (C=O) groups is 3. The molecule has 8 heteroatoms. The number of aromatic amines is 1. The van der Waals surface area contributed by atoms with Crippen LogP contribution in [0.2, 0.25) is 5.02 Å². The second-order valence-corrected chi connectivity index (χ2v) is 4.26. The van der Waals surface area contributed by atoms with Crippen molar-refractivity contribution in [3.05, 3.63) is 23.0 Å². The zero-order chi connectivity index (χ0) is 13.3. The first kappa shape index (κ1) is 12.4. The Hall–Kier alpha value is -2.02. The van der Waals surface area contributed by atoms with Crippen molar-refractivity contribution < 1.29 is 19.5 Å². The fraction of sp³-hybridized carbons (Fsp3) is 0.300. The van der Waals surface area contributed by atoms with E-state index in [2.05, 4.69) is 10.3 Å². The fourth-order valence-electron chi connectivity index (χ4n) is 1.72. The summed E-state index contributed by atoms with van der Waals surface area (Å²) in [4.78, 5) is 38.0. The van der Waals surface area contributed by atoms with E-state index < -0.39 is 23.8 Å². The number of hydrogen-bond donors (Lipinski definition) is 3. The maximum absolute atomic E-state index is 12.1. The van der Waals surface area contributed by atoms with Crippen molar-refractivity contribution in [2.75, 3.05) is 13.1 Å². The lowest BCUT2D eigenvalue weighted by molar-refractivity contribution is -0.144. The standard InChI is InChI=1S/C10H10ClN3O4/c11-5-1-6(12-2-5)9(16)14-4-8(15)13-3-7(14)10(17)18/h1-2,7,12H,3-4H2,(H,13,15)(H,17,18). The minimum Gasteiger partial charge on any atom is -0.480 e. The lowest BCUT2D eigenvalue weighted by Gasteiger charge is -2.32. The molecule has 1 aromatic rings. The highest BCUT2D eigenvalue weighted by molar-refractivity contribution is 6.31. The SMILES string of the molecule is O=C1CN(C(=O)c2cc(Cl)c[nH]2)C(C(=O)O)CN1.